The largest absolute Gasteiger partial charge is 0.462 e. The highest BCUT2D eigenvalue weighted by Gasteiger charge is 2.19. The van der Waals surface area contributed by atoms with Crippen molar-refractivity contribution in [2.75, 3.05) is 6.61 Å². The fourth-order valence-electron chi connectivity index (χ4n) is 2.28. The third-order valence-electron chi connectivity index (χ3n) is 3.25. The molecule has 0 aliphatic carbocycles. The zero-order chi connectivity index (χ0) is 15.7. The van der Waals surface area contributed by atoms with E-state index < -0.39 is 11.4 Å². The van der Waals surface area contributed by atoms with E-state index in [0.717, 1.165) is 0 Å². The maximum Gasteiger partial charge on any atom is 0.343 e. The average Bonchev–Trinajstić information content (AvgIpc) is 2.86. The van der Waals surface area contributed by atoms with Gasteiger partial charge in [0.05, 0.1) is 17.7 Å². The van der Waals surface area contributed by atoms with Crippen LogP contribution < -0.4 is 5.43 Å². The predicted molar refractivity (Wildman–Crippen MR) is 80.2 cm³/mol. The molecule has 3 rings (SSSR count). The van der Waals surface area contributed by atoms with Crippen molar-refractivity contribution in [1.29, 1.82) is 0 Å². The van der Waals surface area contributed by atoms with Crippen LogP contribution in [0.3, 0.4) is 0 Å². The number of pyridine rings is 2. The highest BCUT2D eigenvalue weighted by atomic mass is 16.5. The van der Waals surface area contributed by atoms with Gasteiger partial charge in [0.2, 0.25) is 5.43 Å². The molecule has 0 bridgehead atoms. The summed E-state index contributed by atoms with van der Waals surface area (Å²) < 4.78 is 6.43. The number of nitrogens with one attached hydrogen (secondary N) is 1. The maximum atomic E-state index is 12.5. The number of H-pyrrole nitrogens is 1. The zero-order valence-corrected chi connectivity index (χ0v) is 12.2. The van der Waals surface area contributed by atoms with Crippen LogP contribution >= 0.6 is 0 Å². The van der Waals surface area contributed by atoms with Crippen LogP contribution in [0.4, 0.5) is 0 Å². The van der Waals surface area contributed by atoms with Crippen LogP contribution in [-0.4, -0.2) is 32.3 Å². The molecule has 3 aromatic heterocycles. The van der Waals surface area contributed by atoms with Gasteiger partial charge in [-0.2, -0.15) is 9.78 Å². The zero-order valence-electron chi connectivity index (χ0n) is 12.2. The van der Waals surface area contributed by atoms with Gasteiger partial charge in [-0.15, -0.1) is 0 Å². The highest BCUT2D eigenvalue weighted by molar-refractivity contribution is 5.93. The van der Waals surface area contributed by atoms with Gasteiger partial charge in [0.25, 0.3) is 0 Å². The number of aryl methyl sites for hydroxylation is 1. The van der Waals surface area contributed by atoms with Crippen molar-refractivity contribution < 1.29 is 9.53 Å². The second kappa shape index (κ2) is 5.44. The first-order valence-electron chi connectivity index (χ1n) is 6.83. The number of rotatable bonds is 3. The Hall–Kier alpha value is -2.96. The fourth-order valence-corrected chi connectivity index (χ4v) is 2.28. The van der Waals surface area contributed by atoms with Crippen LogP contribution in [0.15, 0.2) is 35.4 Å². The van der Waals surface area contributed by atoms with Gasteiger partial charge in [-0.1, -0.05) is 6.07 Å². The molecule has 0 unspecified atom stereocenters. The number of ether oxygens (including phenoxy) is 1. The van der Waals surface area contributed by atoms with Gasteiger partial charge in [-0.3, -0.25) is 4.79 Å². The molecule has 0 radical (unpaired) electrons. The van der Waals surface area contributed by atoms with E-state index in [4.69, 9.17) is 4.74 Å². The quantitative estimate of drug-likeness (QED) is 0.742. The third kappa shape index (κ3) is 2.16. The molecule has 3 heterocycles. The topological polar surface area (TPSA) is 89.9 Å². The third-order valence-corrected chi connectivity index (χ3v) is 3.25. The Labute approximate surface area is 125 Å². The lowest BCUT2D eigenvalue weighted by molar-refractivity contribution is 0.0524. The number of carbonyl (C=O) groups is 1. The van der Waals surface area contributed by atoms with Crippen LogP contribution in [0.2, 0.25) is 0 Å². The first-order chi connectivity index (χ1) is 10.6. The SMILES string of the molecule is CCOC(=O)c1c[nH]c2c(c(C)nn2-c2ccccn2)c1=O. The lowest BCUT2D eigenvalue weighted by atomic mass is 10.2. The summed E-state index contributed by atoms with van der Waals surface area (Å²) in [6.07, 6.45) is 2.99. The second-order valence-electron chi connectivity index (χ2n) is 4.66. The summed E-state index contributed by atoms with van der Waals surface area (Å²) in [5.41, 5.74) is 0.590. The standard InChI is InChI=1S/C15H14N4O3/c1-3-22-15(21)10-8-17-14-12(13(10)20)9(2)18-19(14)11-6-4-5-7-16-11/h4-8H,3H2,1-2H3,(H,17,20). The van der Waals surface area contributed by atoms with Crippen LogP contribution in [0.1, 0.15) is 23.0 Å². The van der Waals surface area contributed by atoms with E-state index in [-0.39, 0.29) is 12.2 Å². The predicted octanol–water partition coefficient (Wildman–Crippen LogP) is 1.59. The lowest BCUT2D eigenvalue weighted by Gasteiger charge is -2.03. The number of carbonyl (C=O) groups excluding carboxylic acids is 1. The van der Waals surface area contributed by atoms with Crippen LogP contribution in [0.25, 0.3) is 16.9 Å². The van der Waals surface area contributed by atoms with Crippen molar-refractivity contribution in [1.82, 2.24) is 19.7 Å². The summed E-state index contributed by atoms with van der Waals surface area (Å²) >= 11 is 0. The number of aromatic nitrogens is 4. The van der Waals surface area contributed by atoms with Crippen molar-refractivity contribution in [3.8, 4) is 5.82 Å². The first-order valence-corrected chi connectivity index (χ1v) is 6.83. The van der Waals surface area contributed by atoms with E-state index in [9.17, 15) is 9.59 Å². The lowest BCUT2D eigenvalue weighted by Crippen LogP contribution is -2.18. The molecular weight excluding hydrogens is 284 g/mol. The van der Waals surface area contributed by atoms with Crippen molar-refractivity contribution in [3.63, 3.8) is 0 Å². The Morgan fingerprint density at radius 3 is 2.91 bits per heavy atom. The van der Waals surface area contributed by atoms with E-state index >= 15 is 0 Å². The Morgan fingerprint density at radius 1 is 1.41 bits per heavy atom. The van der Waals surface area contributed by atoms with E-state index in [2.05, 4.69) is 15.1 Å². The summed E-state index contributed by atoms with van der Waals surface area (Å²) in [7, 11) is 0. The average molecular weight is 298 g/mol. The number of fused-ring (bicyclic) bond motifs is 1. The minimum atomic E-state index is -0.643. The van der Waals surface area contributed by atoms with Crippen LogP contribution in [0.5, 0.6) is 0 Å². The Bertz CT molecular complexity index is 896. The number of esters is 1. The molecule has 0 aliphatic rings. The molecule has 0 saturated heterocycles. The summed E-state index contributed by atoms with van der Waals surface area (Å²) in [4.78, 5) is 31.5. The van der Waals surface area contributed by atoms with E-state index in [1.807, 2.05) is 6.07 Å². The molecule has 7 nitrogen and oxygen atoms in total. The summed E-state index contributed by atoms with van der Waals surface area (Å²) in [6, 6.07) is 5.41. The van der Waals surface area contributed by atoms with Crippen molar-refractivity contribution in [2.45, 2.75) is 13.8 Å². The van der Waals surface area contributed by atoms with E-state index in [1.54, 1.807) is 36.9 Å². The number of nitrogens with zero attached hydrogens (tertiary/aromatic N) is 3. The molecule has 0 spiro atoms. The fraction of sp³-hybridized carbons (Fsp3) is 0.200. The Balaban J connectivity index is 2.24. The molecule has 0 amide bonds. The van der Waals surface area contributed by atoms with Gasteiger partial charge >= 0.3 is 5.97 Å². The molecule has 0 fully saturated rings. The maximum absolute atomic E-state index is 12.5. The van der Waals surface area contributed by atoms with Gasteiger partial charge in [-0.25, -0.2) is 9.78 Å². The first kappa shape index (κ1) is 14.0. The van der Waals surface area contributed by atoms with Crippen LogP contribution in [-0.2, 0) is 4.74 Å². The van der Waals surface area contributed by atoms with Crippen LogP contribution in [0, 0.1) is 6.92 Å². The molecular formula is C15H14N4O3. The molecule has 0 atom stereocenters. The Kier molecular flexibility index (Phi) is 3.46. The van der Waals surface area contributed by atoms with Gasteiger partial charge in [0.15, 0.2) is 5.82 Å². The Morgan fingerprint density at radius 2 is 2.23 bits per heavy atom. The van der Waals surface area contributed by atoms with Gasteiger partial charge in [0.1, 0.15) is 11.2 Å². The second-order valence-corrected chi connectivity index (χ2v) is 4.66. The van der Waals surface area contributed by atoms with Crippen molar-refractivity contribution >= 4 is 17.0 Å². The van der Waals surface area contributed by atoms with Gasteiger partial charge < -0.3 is 9.72 Å². The van der Waals surface area contributed by atoms with Gasteiger partial charge in [-0.05, 0) is 26.0 Å². The summed E-state index contributed by atoms with van der Waals surface area (Å²) in [6.45, 7) is 3.61. The molecule has 3 aromatic rings. The molecule has 0 aromatic carbocycles. The van der Waals surface area contributed by atoms with Crippen molar-refractivity contribution in [2.24, 2.45) is 0 Å². The van der Waals surface area contributed by atoms with Crippen molar-refractivity contribution in [3.05, 3.63) is 52.1 Å². The minimum Gasteiger partial charge on any atom is -0.462 e. The molecule has 0 aliphatic heterocycles. The molecule has 112 valence electrons. The monoisotopic (exact) mass is 298 g/mol. The number of hydrogen-bond donors (Lipinski definition) is 1. The molecule has 7 heteroatoms. The minimum absolute atomic E-state index is 0.0296. The molecule has 0 saturated carbocycles. The van der Waals surface area contributed by atoms with E-state index in [1.165, 1.54) is 6.20 Å². The number of hydrogen-bond acceptors (Lipinski definition) is 5. The van der Waals surface area contributed by atoms with E-state index in [0.29, 0.717) is 22.5 Å². The highest BCUT2D eigenvalue weighted by Crippen LogP contribution is 2.16. The number of aromatic amines is 1. The molecule has 1 N–H and O–H groups in total. The smallest absolute Gasteiger partial charge is 0.343 e. The van der Waals surface area contributed by atoms with Gasteiger partial charge in [0, 0.05) is 12.4 Å². The summed E-state index contributed by atoms with van der Waals surface area (Å²) in [5, 5.41) is 4.70. The summed E-state index contributed by atoms with van der Waals surface area (Å²) in [5.74, 6) is -0.0595. The normalized spacial score (nSPS) is 10.8. The molecule has 22 heavy (non-hydrogen) atoms.